The minimum absolute atomic E-state index is 0.104. The predicted molar refractivity (Wildman–Crippen MR) is 75.4 cm³/mol. The third kappa shape index (κ3) is 3.36. The number of oxazole rings is 1. The van der Waals surface area contributed by atoms with Crippen LogP contribution in [0.25, 0.3) is 0 Å². The van der Waals surface area contributed by atoms with Crippen molar-refractivity contribution in [3.05, 3.63) is 53.2 Å². The van der Waals surface area contributed by atoms with E-state index in [1.807, 2.05) is 31.2 Å². The lowest BCUT2D eigenvalue weighted by Crippen LogP contribution is -2.19. The fourth-order valence-electron chi connectivity index (χ4n) is 1.88. The SMILES string of the molecule is CCc1cnc(CNCc2ccccc2/C(N)=N/O)o1. The number of nitrogens with one attached hydrogen (secondary N) is 1. The molecule has 2 rings (SSSR count). The van der Waals surface area contributed by atoms with Gasteiger partial charge in [-0.2, -0.15) is 0 Å². The van der Waals surface area contributed by atoms with E-state index in [2.05, 4.69) is 15.5 Å². The minimum atomic E-state index is 0.104. The van der Waals surface area contributed by atoms with E-state index < -0.39 is 0 Å². The number of benzene rings is 1. The van der Waals surface area contributed by atoms with E-state index in [1.54, 1.807) is 6.20 Å². The van der Waals surface area contributed by atoms with Gasteiger partial charge in [0.15, 0.2) is 5.84 Å². The number of hydrogen-bond acceptors (Lipinski definition) is 5. The topological polar surface area (TPSA) is 96.7 Å². The van der Waals surface area contributed by atoms with Gasteiger partial charge in [-0.3, -0.25) is 0 Å². The lowest BCUT2D eigenvalue weighted by atomic mass is 10.1. The van der Waals surface area contributed by atoms with E-state index in [0.29, 0.717) is 24.5 Å². The smallest absolute Gasteiger partial charge is 0.208 e. The summed E-state index contributed by atoms with van der Waals surface area (Å²) in [5.74, 6) is 1.63. The normalized spacial score (nSPS) is 11.8. The third-order valence-electron chi connectivity index (χ3n) is 2.94. The molecule has 106 valence electrons. The van der Waals surface area contributed by atoms with Crippen LogP contribution in [0.5, 0.6) is 0 Å². The van der Waals surface area contributed by atoms with Crippen LogP contribution in [0.1, 0.15) is 29.7 Å². The van der Waals surface area contributed by atoms with Crippen LogP contribution in [-0.2, 0) is 19.5 Å². The van der Waals surface area contributed by atoms with Gasteiger partial charge in [-0.25, -0.2) is 4.98 Å². The maximum Gasteiger partial charge on any atom is 0.208 e. The van der Waals surface area contributed by atoms with E-state index in [4.69, 9.17) is 15.4 Å². The Balaban J connectivity index is 1.97. The third-order valence-corrected chi connectivity index (χ3v) is 2.94. The van der Waals surface area contributed by atoms with Crippen LogP contribution in [-0.4, -0.2) is 16.0 Å². The highest BCUT2D eigenvalue weighted by molar-refractivity contribution is 5.98. The summed E-state index contributed by atoms with van der Waals surface area (Å²) in [6.45, 7) is 3.13. The molecule has 6 heteroatoms. The van der Waals surface area contributed by atoms with E-state index >= 15 is 0 Å². The molecule has 1 aromatic carbocycles. The molecule has 0 atom stereocenters. The fourth-order valence-corrected chi connectivity index (χ4v) is 1.88. The summed E-state index contributed by atoms with van der Waals surface area (Å²) in [4.78, 5) is 4.17. The van der Waals surface area contributed by atoms with Gasteiger partial charge in [-0.05, 0) is 5.56 Å². The number of nitrogens with zero attached hydrogens (tertiary/aromatic N) is 2. The highest BCUT2D eigenvalue weighted by Crippen LogP contribution is 2.09. The Morgan fingerprint density at radius 1 is 1.40 bits per heavy atom. The Bertz CT molecular complexity index is 592. The monoisotopic (exact) mass is 274 g/mol. The first-order valence-corrected chi connectivity index (χ1v) is 6.44. The van der Waals surface area contributed by atoms with E-state index in [9.17, 15) is 0 Å². The number of oxime groups is 1. The fraction of sp³-hybridized carbons (Fsp3) is 0.286. The Morgan fingerprint density at radius 3 is 2.90 bits per heavy atom. The average Bonchev–Trinajstić information content (AvgIpc) is 2.95. The van der Waals surface area contributed by atoms with E-state index in [1.165, 1.54) is 0 Å². The zero-order valence-corrected chi connectivity index (χ0v) is 11.3. The molecular weight excluding hydrogens is 256 g/mol. The van der Waals surface area contributed by atoms with Crippen LogP contribution < -0.4 is 11.1 Å². The maximum atomic E-state index is 8.76. The second kappa shape index (κ2) is 6.72. The molecule has 0 saturated heterocycles. The second-order valence-corrected chi connectivity index (χ2v) is 4.32. The largest absolute Gasteiger partial charge is 0.444 e. The Labute approximate surface area is 117 Å². The number of rotatable bonds is 6. The summed E-state index contributed by atoms with van der Waals surface area (Å²) in [7, 11) is 0. The Hall–Kier alpha value is -2.34. The molecule has 1 aromatic heterocycles. The molecule has 6 nitrogen and oxygen atoms in total. The molecule has 0 aliphatic carbocycles. The van der Waals surface area contributed by atoms with Gasteiger partial charge in [-0.1, -0.05) is 36.3 Å². The quantitative estimate of drug-likeness (QED) is 0.322. The number of nitrogens with two attached hydrogens (primary N) is 1. The summed E-state index contributed by atoms with van der Waals surface area (Å²) in [5.41, 5.74) is 7.30. The van der Waals surface area contributed by atoms with E-state index in [0.717, 1.165) is 17.7 Å². The van der Waals surface area contributed by atoms with Crippen molar-refractivity contribution in [2.24, 2.45) is 10.9 Å². The average molecular weight is 274 g/mol. The number of aryl methyl sites for hydroxylation is 1. The van der Waals surface area contributed by atoms with Gasteiger partial charge in [0.05, 0.1) is 12.7 Å². The molecule has 0 aliphatic rings. The Morgan fingerprint density at radius 2 is 2.20 bits per heavy atom. The van der Waals surface area contributed by atoms with Gasteiger partial charge in [0, 0.05) is 18.5 Å². The van der Waals surface area contributed by atoms with Crippen LogP contribution in [0.2, 0.25) is 0 Å². The second-order valence-electron chi connectivity index (χ2n) is 4.32. The minimum Gasteiger partial charge on any atom is -0.444 e. The van der Waals surface area contributed by atoms with Crippen molar-refractivity contribution < 1.29 is 9.62 Å². The van der Waals surface area contributed by atoms with Gasteiger partial charge < -0.3 is 20.7 Å². The molecular formula is C14H18N4O2. The summed E-state index contributed by atoms with van der Waals surface area (Å²) in [6.07, 6.45) is 2.57. The molecule has 4 N–H and O–H groups in total. The molecule has 0 amide bonds. The van der Waals surface area contributed by atoms with Crippen molar-refractivity contribution in [3.8, 4) is 0 Å². The molecule has 0 unspecified atom stereocenters. The first kappa shape index (κ1) is 14.1. The van der Waals surface area contributed by atoms with Crippen LogP contribution in [0, 0.1) is 0 Å². The van der Waals surface area contributed by atoms with Gasteiger partial charge in [0.1, 0.15) is 5.76 Å². The summed E-state index contributed by atoms with van der Waals surface area (Å²) in [6, 6.07) is 7.49. The molecule has 0 aliphatic heterocycles. The Kier molecular flexibility index (Phi) is 4.73. The zero-order chi connectivity index (χ0) is 14.4. The van der Waals surface area contributed by atoms with Crippen molar-refractivity contribution in [3.63, 3.8) is 0 Å². The molecule has 0 radical (unpaired) electrons. The standard InChI is InChI=1S/C14H18N4O2/c1-2-11-8-17-13(20-11)9-16-7-10-5-3-4-6-12(10)14(15)18-19/h3-6,8,16,19H,2,7,9H2,1H3,(H2,15,18). The van der Waals surface area contributed by atoms with Crippen LogP contribution in [0.4, 0.5) is 0 Å². The highest BCUT2D eigenvalue weighted by Gasteiger charge is 2.07. The molecule has 0 fully saturated rings. The lowest BCUT2D eigenvalue weighted by molar-refractivity contribution is 0.318. The summed E-state index contributed by atoms with van der Waals surface area (Å²) in [5, 5.41) is 15.0. The predicted octanol–water partition coefficient (Wildman–Crippen LogP) is 1.62. The highest BCUT2D eigenvalue weighted by atomic mass is 16.4. The van der Waals surface area contributed by atoms with Gasteiger partial charge >= 0.3 is 0 Å². The first-order chi connectivity index (χ1) is 9.74. The molecule has 2 aromatic rings. The molecule has 0 bridgehead atoms. The van der Waals surface area contributed by atoms with Crippen molar-refractivity contribution in [1.82, 2.24) is 10.3 Å². The van der Waals surface area contributed by atoms with Crippen LogP contribution >= 0.6 is 0 Å². The maximum absolute atomic E-state index is 8.76. The van der Waals surface area contributed by atoms with Crippen molar-refractivity contribution in [2.75, 3.05) is 0 Å². The number of aromatic nitrogens is 1. The summed E-state index contributed by atoms with van der Waals surface area (Å²) < 4.78 is 5.51. The molecule has 0 saturated carbocycles. The number of amidine groups is 1. The lowest BCUT2D eigenvalue weighted by Gasteiger charge is -2.08. The summed E-state index contributed by atoms with van der Waals surface area (Å²) >= 11 is 0. The number of hydrogen-bond donors (Lipinski definition) is 3. The zero-order valence-electron chi connectivity index (χ0n) is 11.3. The van der Waals surface area contributed by atoms with E-state index in [-0.39, 0.29) is 5.84 Å². The molecule has 0 spiro atoms. The molecule has 20 heavy (non-hydrogen) atoms. The van der Waals surface area contributed by atoms with Crippen molar-refractivity contribution in [2.45, 2.75) is 26.4 Å². The van der Waals surface area contributed by atoms with Crippen LogP contribution in [0.3, 0.4) is 0 Å². The van der Waals surface area contributed by atoms with Gasteiger partial charge in [0.2, 0.25) is 5.89 Å². The van der Waals surface area contributed by atoms with Gasteiger partial charge in [-0.15, -0.1) is 0 Å². The van der Waals surface area contributed by atoms with Crippen molar-refractivity contribution in [1.29, 1.82) is 0 Å². The van der Waals surface area contributed by atoms with Crippen LogP contribution in [0.15, 0.2) is 40.0 Å². The first-order valence-electron chi connectivity index (χ1n) is 6.44. The van der Waals surface area contributed by atoms with Gasteiger partial charge in [0.25, 0.3) is 0 Å². The molecule has 1 heterocycles. The van der Waals surface area contributed by atoms with Crippen molar-refractivity contribution >= 4 is 5.84 Å².